The summed E-state index contributed by atoms with van der Waals surface area (Å²) in [5.41, 5.74) is 2.66. The van der Waals surface area contributed by atoms with Crippen molar-refractivity contribution >= 4 is 17.6 Å². The van der Waals surface area contributed by atoms with Crippen LogP contribution in [0.25, 0.3) is 11.3 Å². The van der Waals surface area contributed by atoms with Crippen molar-refractivity contribution in [1.82, 2.24) is 25.4 Å². The highest BCUT2D eigenvalue weighted by Gasteiger charge is 2.21. The summed E-state index contributed by atoms with van der Waals surface area (Å²) >= 11 is 0. The number of nitrogens with zero attached hydrogens (tertiary/aromatic N) is 3. The van der Waals surface area contributed by atoms with E-state index in [1.165, 1.54) is 0 Å². The number of nitrogens with one attached hydrogen (secondary N) is 3. The van der Waals surface area contributed by atoms with Gasteiger partial charge in [0.15, 0.2) is 0 Å². The fourth-order valence-electron chi connectivity index (χ4n) is 3.11. The minimum Gasteiger partial charge on any atom is -0.355 e. The van der Waals surface area contributed by atoms with Crippen molar-refractivity contribution in [2.24, 2.45) is 7.05 Å². The van der Waals surface area contributed by atoms with Crippen molar-refractivity contribution in [2.75, 3.05) is 18.4 Å². The number of hydrogen-bond donors (Lipinski definition) is 3. The van der Waals surface area contributed by atoms with Crippen molar-refractivity contribution in [2.45, 2.75) is 25.8 Å². The second-order valence-electron chi connectivity index (χ2n) is 7.24. The molecule has 0 aliphatic carbocycles. The van der Waals surface area contributed by atoms with Crippen LogP contribution in [0, 0.1) is 0 Å². The molecule has 0 saturated carbocycles. The normalized spacial score (nSPS) is 11.7. The van der Waals surface area contributed by atoms with Crippen LogP contribution in [-0.2, 0) is 23.1 Å². The van der Waals surface area contributed by atoms with Crippen LogP contribution in [0.5, 0.6) is 0 Å². The second-order valence-corrected chi connectivity index (χ2v) is 7.24. The predicted molar refractivity (Wildman–Crippen MR) is 120 cm³/mol. The predicted octanol–water partition coefficient (Wildman–Crippen LogP) is 2.15. The molecule has 3 N–H and O–H groups in total. The van der Waals surface area contributed by atoms with Gasteiger partial charge in [0.05, 0.1) is 18.3 Å². The fraction of sp³-hybridized carbons (Fsp3) is 0.304. The third kappa shape index (κ3) is 6.48. The van der Waals surface area contributed by atoms with Crippen molar-refractivity contribution in [3.05, 3.63) is 66.5 Å². The average Bonchev–Trinajstić information content (AvgIpc) is 3.16. The third-order valence-corrected chi connectivity index (χ3v) is 4.79. The molecule has 2 heterocycles. The van der Waals surface area contributed by atoms with Gasteiger partial charge in [-0.05, 0) is 30.5 Å². The molecule has 3 rings (SSSR count). The number of carbonyl (C=O) groups excluding carboxylic acids is 2. The summed E-state index contributed by atoms with van der Waals surface area (Å²) in [5.74, 6) is 0.219. The molecule has 1 atom stereocenters. The van der Waals surface area contributed by atoms with Crippen molar-refractivity contribution in [3.63, 3.8) is 0 Å². The van der Waals surface area contributed by atoms with Crippen LogP contribution in [0.1, 0.15) is 18.9 Å². The lowest BCUT2D eigenvalue weighted by atomic mass is 10.1. The molecule has 162 valence electrons. The Kier molecular flexibility index (Phi) is 7.89. The number of aromatic nitrogens is 3. The highest BCUT2D eigenvalue weighted by Crippen LogP contribution is 2.20. The van der Waals surface area contributed by atoms with E-state index in [0.717, 1.165) is 23.2 Å². The number of hydrogen-bond acceptors (Lipinski definition) is 5. The molecule has 2 aromatic heterocycles. The molecule has 31 heavy (non-hydrogen) atoms. The first-order chi connectivity index (χ1) is 15.1. The summed E-state index contributed by atoms with van der Waals surface area (Å²) in [5, 5.41) is 13.3. The van der Waals surface area contributed by atoms with Crippen LogP contribution >= 0.6 is 0 Å². The minimum absolute atomic E-state index is 0.0680. The zero-order chi connectivity index (χ0) is 22.1. The Balaban J connectivity index is 1.71. The van der Waals surface area contributed by atoms with Gasteiger partial charge in [0, 0.05) is 37.6 Å². The quantitative estimate of drug-likeness (QED) is 0.467. The number of carbonyl (C=O) groups is 2. The van der Waals surface area contributed by atoms with E-state index in [2.05, 4.69) is 26.0 Å². The zero-order valence-corrected chi connectivity index (χ0v) is 17.8. The van der Waals surface area contributed by atoms with Crippen LogP contribution in [0.15, 0.2) is 60.9 Å². The number of rotatable bonds is 10. The minimum atomic E-state index is -0.575. The maximum Gasteiger partial charge on any atom is 0.243 e. The number of benzene rings is 1. The Labute approximate surface area is 182 Å². The van der Waals surface area contributed by atoms with E-state index in [1.54, 1.807) is 24.1 Å². The summed E-state index contributed by atoms with van der Waals surface area (Å²) in [6, 6.07) is 14.7. The topological polar surface area (TPSA) is 101 Å². The number of anilines is 1. The fourth-order valence-corrected chi connectivity index (χ4v) is 3.11. The lowest BCUT2D eigenvalue weighted by Crippen LogP contribution is -2.46. The first kappa shape index (κ1) is 22.2. The van der Waals surface area contributed by atoms with Gasteiger partial charge in [-0.2, -0.15) is 5.10 Å². The SMILES string of the molecule is CCCNC(=O)CN[C@@H](Cc1ccccc1)C(=O)Nc1cc(-c2ccncc2)nn1C. The van der Waals surface area contributed by atoms with Crippen LogP contribution in [0.4, 0.5) is 5.82 Å². The van der Waals surface area contributed by atoms with Crippen LogP contribution in [0.3, 0.4) is 0 Å². The first-order valence-electron chi connectivity index (χ1n) is 10.4. The summed E-state index contributed by atoms with van der Waals surface area (Å²) in [6.45, 7) is 2.68. The Morgan fingerprint density at radius 1 is 1.10 bits per heavy atom. The maximum absolute atomic E-state index is 13.1. The highest BCUT2D eigenvalue weighted by molar-refractivity contribution is 5.95. The molecule has 0 aliphatic heterocycles. The van der Waals surface area contributed by atoms with E-state index < -0.39 is 6.04 Å². The van der Waals surface area contributed by atoms with Crippen molar-refractivity contribution in [3.8, 4) is 11.3 Å². The molecular formula is C23H28N6O2. The van der Waals surface area contributed by atoms with Gasteiger partial charge in [-0.25, -0.2) is 0 Å². The van der Waals surface area contributed by atoms with E-state index in [9.17, 15) is 9.59 Å². The van der Waals surface area contributed by atoms with Gasteiger partial charge >= 0.3 is 0 Å². The molecule has 8 heteroatoms. The molecule has 8 nitrogen and oxygen atoms in total. The molecule has 0 radical (unpaired) electrons. The summed E-state index contributed by atoms with van der Waals surface area (Å²) in [7, 11) is 1.78. The average molecular weight is 421 g/mol. The molecule has 0 aliphatic rings. The van der Waals surface area contributed by atoms with E-state index in [1.807, 2.05) is 55.5 Å². The van der Waals surface area contributed by atoms with Gasteiger partial charge in [0.25, 0.3) is 0 Å². The maximum atomic E-state index is 13.1. The van der Waals surface area contributed by atoms with E-state index >= 15 is 0 Å². The van der Waals surface area contributed by atoms with Gasteiger partial charge in [0.2, 0.25) is 11.8 Å². The van der Waals surface area contributed by atoms with Crippen molar-refractivity contribution < 1.29 is 9.59 Å². The van der Waals surface area contributed by atoms with Crippen LogP contribution in [-0.4, -0.2) is 45.7 Å². The Morgan fingerprint density at radius 2 is 1.84 bits per heavy atom. The van der Waals surface area contributed by atoms with E-state index in [-0.39, 0.29) is 18.4 Å². The first-order valence-corrected chi connectivity index (χ1v) is 10.4. The molecule has 0 spiro atoms. The summed E-state index contributed by atoms with van der Waals surface area (Å²) in [6.07, 6.45) is 4.72. The van der Waals surface area contributed by atoms with Gasteiger partial charge in [0.1, 0.15) is 5.82 Å². The monoisotopic (exact) mass is 420 g/mol. The molecule has 0 saturated heterocycles. The smallest absolute Gasteiger partial charge is 0.243 e. The largest absolute Gasteiger partial charge is 0.355 e. The second kappa shape index (κ2) is 11.0. The van der Waals surface area contributed by atoms with Crippen molar-refractivity contribution in [1.29, 1.82) is 0 Å². The lowest BCUT2D eigenvalue weighted by Gasteiger charge is -2.18. The summed E-state index contributed by atoms with van der Waals surface area (Å²) in [4.78, 5) is 29.1. The molecule has 0 bridgehead atoms. The van der Waals surface area contributed by atoms with Crippen LogP contribution in [0.2, 0.25) is 0 Å². The van der Waals surface area contributed by atoms with Gasteiger partial charge in [-0.15, -0.1) is 0 Å². The van der Waals surface area contributed by atoms with Crippen LogP contribution < -0.4 is 16.0 Å². The molecule has 0 fully saturated rings. The molecule has 0 unspecified atom stereocenters. The molecule has 1 aromatic carbocycles. The Bertz CT molecular complexity index is 988. The van der Waals surface area contributed by atoms with E-state index in [4.69, 9.17) is 0 Å². The number of pyridine rings is 1. The standard InChI is InChI=1S/C23H28N6O2/c1-3-11-25-22(30)16-26-20(14-17-7-5-4-6-8-17)23(31)27-21-15-19(28-29(21)2)18-9-12-24-13-10-18/h4-10,12-13,15,20,26H,3,11,14,16H2,1-2H3,(H,25,30)(H,27,31)/t20-/m0/s1. The van der Waals surface area contributed by atoms with Gasteiger partial charge in [-0.3, -0.25) is 24.6 Å². The Morgan fingerprint density at radius 3 is 2.55 bits per heavy atom. The molecular weight excluding hydrogens is 392 g/mol. The third-order valence-electron chi connectivity index (χ3n) is 4.79. The van der Waals surface area contributed by atoms with Gasteiger partial charge < -0.3 is 10.6 Å². The zero-order valence-electron chi connectivity index (χ0n) is 17.8. The summed E-state index contributed by atoms with van der Waals surface area (Å²) < 4.78 is 1.63. The lowest BCUT2D eigenvalue weighted by molar-refractivity contribution is -0.121. The Hall–Kier alpha value is -3.52. The van der Waals surface area contributed by atoms with Gasteiger partial charge in [-0.1, -0.05) is 37.3 Å². The highest BCUT2D eigenvalue weighted by atomic mass is 16.2. The number of amides is 2. The number of aryl methyl sites for hydroxylation is 1. The molecule has 3 aromatic rings. The van der Waals surface area contributed by atoms with E-state index in [0.29, 0.717) is 18.8 Å². The molecule has 2 amide bonds.